The fourth-order valence-corrected chi connectivity index (χ4v) is 1.68. The molecule has 0 amide bonds. The topological polar surface area (TPSA) is 37.8 Å². The molecule has 0 aliphatic rings. The van der Waals surface area contributed by atoms with Crippen molar-refractivity contribution in [3.63, 3.8) is 0 Å². The minimum Gasteiger partial charge on any atom is -0.348 e. The Kier molecular flexibility index (Phi) is 3.71. The summed E-state index contributed by atoms with van der Waals surface area (Å²) in [6.07, 6.45) is 3.60. The highest BCUT2D eigenvalue weighted by Gasteiger charge is 2.05. The molecule has 4 heteroatoms. The van der Waals surface area contributed by atoms with Gasteiger partial charge in [-0.3, -0.25) is 0 Å². The number of anilines is 1. The van der Waals surface area contributed by atoms with Crippen molar-refractivity contribution in [2.24, 2.45) is 0 Å². The van der Waals surface area contributed by atoms with Gasteiger partial charge in [-0.15, -0.1) is 0 Å². The predicted octanol–water partition coefficient (Wildman–Crippen LogP) is 3.25. The van der Waals surface area contributed by atoms with Crippen LogP contribution in [0.5, 0.6) is 0 Å². The van der Waals surface area contributed by atoms with E-state index in [1.54, 1.807) is 12.4 Å². The molecule has 0 radical (unpaired) electrons. The zero-order chi connectivity index (χ0) is 11.4. The molecule has 0 aliphatic carbocycles. The summed E-state index contributed by atoms with van der Waals surface area (Å²) in [7, 11) is 0. The summed E-state index contributed by atoms with van der Waals surface area (Å²) in [5, 5.41) is 3.26. The van der Waals surface area contributed by atoms with Crippen LogP contribution in [-0.2, 0) is 0 Å². The molecule has 0 spiro atoms. The Labute approximate surface area is 108 Å². The monoisotopic (exact) mass is 325 g/mol. The van der Waals surface area contributed by atoms with E-state index in [0.717, 1.165) is 3.57 Å². The van der Waals surface area contributed by atoms with Gasteiger partial charge in [-0.25, -0.2) is 9.97 Å². The van der Waals surface area contributed by atoms with Crippen LogP contribution in [0.4, 0.5) is 5.95 Å². The molecule has 1 N–H and O–H groups in total. The summed E-state index contributed by atoms with van der Waals surface area (Å²) >= 11 is 2.19. The van der Waals surface area contributed by atoms with Crippen molar-refractivity contribution in [1.82, 2.24) is 9.97 Å². The third kappa shape index (κ3) is 2.91. The van der Waals surface area contributed by atoms with Crippen LogP contribution in [-0.4, -0.2) is 9.97 Å². The predicted molar refractivity (Wildman–Crippen MR) is 73.2 cm³/mol. The summed E-state index contributed by atoms with van der Waals surface area (Å²) in [6.45, 7) is 2.09. The van der Waals surface area contributed by atoms with Crippen molar-refractivity contribution >= 4 is 28.5 Å². The van der Waals surface area contributed by atoms with Crippen molar-refractivity contribution in [1.29, 1.82) is 0 Å². The third-order valence-electron chi connectivity index (χ3n) is 2.27. The van der Waals surface area contributed by atoms with Gasteiger partial charge in [0.15, 0.2) is 0 Å². The highest BCUT2D eigenvalue weighted by atomic mass is 127. The Morgan fingerprint density at radius 2 is 1.75 bits per heavy atom. The van der Waals surface area contributed by atoms with Crippen molar-refractivity contribution in [2.75, 3.05) is 5.32 Å². The van der Waals surface area contributed by atoms with E-state index in [1.165, 1.54) is 5.56 Å². The first-order valence-electron chi connectivity index (χ1n) is 5.05. The highest BCUT2D eigenvalue weighted by molar-refractivity contribution is 14.1. The number of nitrogens with one attached hydrogen (secondary N) is 1. The molecule has 0 aliphatic heterocycles. The number of rotatable bonds is 3. The van der Waals surface area contributed by atoms with Crippen LogP contribution in [0, 0.1) is 3.57 Å². The first-order chi connectivity index (χ1) is 7.75. The second-order valence-electron chi connectivity index (χ2n) is 3.50. The van der Waals surface area contributed by atoms with Gasteiger partial charge in [-0.1, -0.05) is 30.3 Å². The molecule has 0 bridgehead atoms. The van der Waals surface area contributed by atoms with Crippen LogP contribution in [0.25, 0.3) is 0 Å². The maximum absolute atomic E-state index is 4.21. The Balaban J connectivity index is 2.08. The smallest absolute Gasteiger partial charge is 0.223 e. The summed E-state index contributed by atoms with van der Waals surface area (Å²) in [6, 6.07) is 10.5. The molecule has 1 atom stereocenters. The van der Waals surface area contributed by atoms with Gasteiger partial charge >= 0.3 is 0 Å². The van der Waals surface area contributed by atoms with E-state index in [0.29, 0.717) is 5.95 Å². The maximum Gasteiger partial charge on any atom is 0.223 e. The SMILES string of the molecule is CC(Nc1ncc(I)cn1)c1ccccc1. The zero-order valence-corrected chi connectivity index (χ0v) is 11.0. The lowest BCUT2D eigenvalue weighted by Crippen LogP contribution is -2.09. The standard InChI is InChI=1S/C12H12IN3/c1-9(10-5-3-2-4-6-10)16-12-14-7-11(13)8-15-12/h2-9H,1H3,(H,14,15,16). The molecular formula is C12H12IN3. The summed E-state index contributed by atoms with van der Waals surface area (Å²) in [5.74, 6) is 0.664. The average Bonchev–Trinajstić information content (AvgIpc) is 2.33. The molecule has 1 aromatic heterocycles. The van der Waals surface area contributed by atoms with Gasteiger partial charge in [0.05, 0.1) is 6.04 Å². The Morgan fingerprint density at radius 3 is 2.38 bits per heavy atom. The molecule has 0 fully saturated rings. The van der Waals surface area contributed by atoms with Crippen molar-refractivity contribution in [3.8, 4) is 0 Å². The van der Waals surface area contributed by atoms with E-state index in [2.05, 4.69) is 56.9 Å². The summed E-state index contributed by atoms with van der Waals surface area (Å²) < 4.78 is 1.04. The Morgan fingerprint density at radius 1 is 1.12 bits per heavy atom. The molecule has 1 aromatic carbocycles. The third-order valence-corrected chi connectivity index (χ3v) is 2.82. The van der Waals surface area contributed by atoms with Gasteiger partial charge < -0.3 is 5.32 Å². The molecule has 0 saturated carbocycles. The van der Waals surface area contributed by atoms with E-state index in [-0.39, 0.29) is 6.04 Å². The van der Waals surface area contributed by atoms with Gasteiger partial charge in [0.2, 0.25) is 5.95 Å². The molecule has 3 nitrogen and oxygen atoms in total. The number of halogens is 1. The molecule has 1 unspecified atom stereocenters. The second-order valence-corrected chi connectivity index (χ2v) is 4.75. The van der Waals surface area contributed by atoms with Gasteiger partial charge in [-0.05, 0) is 35.1 Å². The van der Waals surface area contributed by atoms with Crippen LogP contribution in [0.15, 0.2) is 42.7 Å². The number of hydrogen-bond donors (Lipinski definition) is 1. The van der Waals surface area contributed by atoms with Crippen LogP contribution in [0.2, 0.25) is 0 Å². The molecule has 16 heavy (non-hydrogen) atoms. The minimum atomic E-state index is 0.210. The lowest BCUT2D eigenvalue weighted by atomic mass is 10.1. The minimum absolute atomic E-state index is 0.210. The van der Waals surface area contributed by atoms with Crippen molar-refractivity contribution in [3.05, 3.63) is 51.9 Å². The first-order valence-corrected chi connectivity index (χ1v) is 6.12. The fourth-order valence-electron chi connectivity index (χ4n) is 1.41. The summed E-state index contributed by atoms with van der Waals surface area (Å²) in [4.78, 5) is 8.43. The van der Waals surface area contributed by atoms with E-state index >= 15 is 0 Å². The Hall–Kier alpha value is -1.17. The lowest BCUT2D eigenvalue weighted by molar-refractivity contribution is 0.859. The zero-order valence-electron chi connectivity index (χ0n) is 8.89. The van der Waals surface area contributed by atoms with E-state index < -0.39 is 0 Å². The fraction of sp³-hybridized carbons (Fsp3) is 0.167. The normalized spacial score (nSPS) is 12.1. The van der Waals surface area contributed by atoms with E-state index in [1.807, 2.05) is 18.2 Å². The molecule has 1 heterocycles. The number of benzene rings is 1. The molecule has 82 valence electrons. The van der Waals surface area contributed by atoms with Gasteiger partial charge in [0.25, 0.3) is 0 Å². The molecular weight excluding hydrogens is 313 g/mol. The number of hydrogen-bond acceptors (Lipinski definition) is 3. The van der Waals surface area contributed by atoms with E-state index in [4.69, 9.17) is 0 Å². The maximum atomic E-state index is 4.21. The lowest BCUT2D eigenvalue weighted by Gasteiger charge is -2.13. The van der Waals surface area contributed by atoms with Gasteiger partial charge in [0.1, 0.15) is 0 Å². The summed E-state index contributed by atoms with van der Waals surface area (Å²) in [5.41, 5.74) is 1.23. The van der Waals surface area contributed by atoms with Gasteiger partial charge in [0, 0.05) is 16.0 Å². The van der Waals surface area contributed by atoms with Crippen LogP contribution >= 0.6 is 22.6 Å². The number of nitrogens with zero attached hydrogens (tertiary/aromatic N) is 2. The largest absolute Gasteiger partial charge is 0.348 e. The molecule has 2 rings (SSSR count). The van der Waals surface area contributed by atoms with E-state index in [9.17, 15) is 0 Å². The Bertz CT molecular complexity index is 442. The average molecular weight is 325 g/mol. The molecule has 0 saturated heterocycles. The highest BCUT2D eigenvalue weighted by Crippen LogP contribution is 2.15. The molecule has 2 aromatic rings. The van der Waals surface area contributed by atoms with Crippen molar-refractivity contribution < 1.29 is 0 Å². The van der Waals surface area contributed by atoms with Gasteiger partial charge in [-0.2, -0.15) is 0 Å². The van der Waals surface area contributed by atoms with Crippen molar-refractivity contribution in [2.45, 2.75) is 13.0 Å². The van der Waals surface area contributed by atoms with Crippen LogP contribution < -0.4 is 5.32 Å². The quantitative estimate of drug-likeness (QED) is 0.881. The first kappa shape index (κ1) is 11.3. The van der Waals surface area contributed by atoms with Crippen LogP contribution in [0.1, 0.15) is 18.5 Å². The second kappa shape index (κ2) is 5.25. The van der Waals surface area contributed by atoms with Crippen LogP contribution in [0.3, 0.4) is 0 Å². The number of aromatic nitrogens is 2.